The van der Waals surface area contributed by atoms with E-state index >= 15 is 0 Å². The molecule has 0 fully saturated rings. The molecule has 0 spiro atoms. The Morgan fingerprint density at radius 1 is 0.950 bits per heavy atom. The number of hydrogen-bond acceptors (Lipinski definition) is 5. The molecule has 210 valence electrons. The summed E-state index contributed by atoms with van der Waals surface area (Å²) in [5, 5.41) is 3.99. The van der Waals surface area contributed by atoms with Crippen molar-refractivity contribution in [3.63, 3.8) is 0 Å². The van der Waals surface area contributed by atoms with Crippen molar-refractivity contribution in [1.82, 2.24) is 5.32 Å². The molecule has 3 aromatic rings. The first kappa shape index (κ1) is 30.4. The summed E-state index contributed by atoms with van der Waals surface area (Å²) in [6.45, 7) is 3.41. The van der Waals surface area contributed by atoms with Gasteiger partial charge in [0.25, 0.3) is 5.91 Å². The number of benzene rings is 3. The van der Waals surface area contributed by atoms with Crippen molar-refractivity contribution in [2.45, 2.75) is 38.8 Å². The maximum atomic E-state index is 13.5. The molecule has 0 saturated heterocycles. The summed E-state index contributed by atoms with van der Waals surface area (Å²) < 4.78 is 11.4. The molecule has 1 heterocycles. The van der Waals surface area contributed by atoms with Gasteiger partial charge in [-0.1, -0.05) is 90.4 Å². The fourth-order valence-corrected chi connectivity index (χ4v) is 5.48. The number of amides is 1. The molecule has 1 N–H and O–H groups in total. The number of rotatable bonds is 11. The summed E-state index contributed by atoms with van der Waals surface area (Å²) in [5.41, 5.74) is 2.38. The molecule has 0 radical (unpaired) electrons. The highest BCUT2D eigenvalue weighted by molar-refractivity contribution is 6.43. The van der Waals surface area contributed by atoms with E-state index in [1.54, 1.807) is 24.3 Å². The lowest BCUT2D eigenvalue weighted by Gasteiger charge is -2.17. The van der Waals surface area contributed by atoms with Crippen LogP contribution in [0.1, 0.15) is 53.2 Å². The van der Waals surface area contributed by atoms with Crippen LogP contribution in [-0.4, -0.2) is 43.4 Å². The lowest BCUT2D eigenvalue weighted by atomic mass is 9.96. The molecule has 1 aliphatic rings. The average Bonchev–Trinajstić information content (AvgIpc) is 3.04. The Kier molecular flexibility index (Phi) is 10.9. The molecule has 0 saturated carbocycles. The Bertz CT molecular complexity index is 1400. The van der Waals surface area contributed by atoms with Crippen molar-refractivity contribution in [1.29, 1.82) is 0 Å². The second-order valence-electron chi connectivity index (χ2n) is 9.21. The Balaban J connectivity index is 1.60. The minimum absolute atomic E-state index is 0.0468. The van der Waals surface area contributed by atoms with Crippen molar-refractivity contribution in [2.24, 2.45) is 4.99 Å². The molecule has 40 heavy (non-hydrogen) atoms. The van der Waals surface area contributed by atoms with Gasteiger partial charge in [-0.3, -0.25) is 14.6 Å². The minimum Gasteiger partial charge on any atom is -0.490 e. The number of carbonyl (C=O) groups is 2. The molecule has 4 rings (SSSR count). The van der Waals surface area contributed by atoms with Crippen LogP contribution in [0.25, 0.3) is 0 Å². The fourth-order valence-electron chi connectivity index (χ4n) is 4.32. The molecule has 1 unspecified atom stereocenters. The number of carbonyl (C=O) groups excluding carboxylic acids is 2. The highest BCUT2D eigenvalue weighted by Crippen LogP contribution is 2.33. The van der Waals surface area contributed by atoms with Crippen molar-refractivity contribution in [2.75, 3.05) is 19.8 Å². The molecule has 1 atom stereocenters. The average molecular weight is 622 g/mol. The second kappa shape index (κ2) is 14.3. The van der Waals surface area contributed by atoms with Crippen LogP contribution in [0.4, 0.5) is 0 Å². The lowest BCUT2D eigenvalue weighted by Crippen LogP contribution is -2.40. The van der Waals surface area contributed by atoms with E-state index in [0.29, 0.717) is 45.8 Å². The molecule has 0 aliphatic carbocycles. The monoisotopic (exact) mass is 620 g/mol. The molecule has 10 heteroatoms. The summed E-state index contributed by atoms with van der Waals surface area (Å²) in [4.78, 5) is 31.5. The van der Waals surface area contributed by atoms with E-state index in [9.17, 15) is 9.59 Å². The van der Waals surface area contributed by atoms with Gasteiger partial charge >= 0.3 is 0 Å². The number of nitrogens with zero attached hydrogens (tertiary/aromatic N) is 1. The molecule has 3 aromatic carbocycles. The highest BCUT2D eigenvalue weighted by Gasteiger charge is 2.30. The number of nitrogens with one attached hydrogen (secondary N) is 1. The Morgan fingerprint density at radius 3 is 2.45 bits per heavy atom. The summed E-state index contributed by atoms with van der Waals surface area (Å²) in [6, 6.07) is 15.2. The number of hydrogen-bond donors (Lipinski definition) is 1. The van der Waals surface area contributed by atoms with Gasteiger partial charge in [0.15, 0.2) is 11.9 Å². The quantitative estimate of drug-likeness (QED) is 0.224. The topological polar surface area (TPSA) is 77.0 Å². The van der Waals surface area contributed by atoms with Crippen LogP contribution in [0.3, 0.4) is 0 Å². The maximum absolute atomic E-state index is 13.5. The number of ketones is 1. The van der Waals surface area contributed by atoms with Crippen LogP contribution in [0.2, 0.25) is 20.1 Å². The predicted octanol–water partition coefficient (Wildman–Crippen LogP) is 7.60. The molecular weight excluding hydrogens is 594 g/mol. The lowest BCUT2D eigenvalue weighted by molar-refractivity contribution is -0.120. The first-order chi connectivity index (χ1) is 19.3. The number of halogens is 4. The standard InChI is InChI=1S/C30H28Cl4N2O4/c1-2-3-6-11-39-12-13-40-26-10-9-19(31)15-22(26)30(38)36-29-25(37)14-18-7-4-5-8-21(18)28(35-29)27-23(33)16-20(32)17-24(27)34/h4-5,7-10,15-17,29H,2-3,6,11-14H2,1H3,(H,36,38). The van der Waals surface area contributed by atoms with E-state index in [4.69, 9.17) is 55.9 Å². The van der Waals surface area contributed by atoms with Crippen molar-refractivity contribution in [3.05, 3.63) is 96.9 Å². The zero-order valence-electron chi connectivity index (χ0n) is 21.8. The first-order valence-corrected chi connectivity index (χ1v) is 14.4. The number of aliphatic imine (C=N–C) groups is 1. The van der Waals surface area contributed by atoms with Crippen LogP contribution in [0.5, 0.6) is 5.75 Å². The summed E-state index contributed by atoms with van der Waals surface area (Å²) >= 11 is 25.4. The number of fused-ring (bicyclic) bond motifs is 1. The van der Waals surface area contributed by atoms with E-state index in [1.807, 2.05) is 24.3 Å². The van der Waals surface area contributed by atoms with E-state index in [2.05, 4.69) is 17.2 Å². The SMILES string of the molecule is CCCCCOCCOc1ccc(Cl)cc1C(=O)NC1N=C(c2c(Cl)cc(Cl)cc2Cl)c2ccccc2CC1=O. The first-order valence-electron chi connectivity index (χ1n) is 12.9. The Hall–Kier alpha value is -2.61. The van der Waals surface area contributed by atoms with E-state index in [-0.39, 0.29) is 34.4 Å². The molecule has 1 aliphatic heterocycles. The summed E-state index contributed by atoms with van der Waals surface area (Å²) in [5.74, 6) is -0.555. The van der Waals surface area contributed by atoms with E-state index < -0.39 is 12.1 Å². The molecule has 6 nitrogen and oxygen atoms in total. The molecule has 0 bridgehead atoms. The van der Waals surface area contributed by atoms with E-state index in [1.165, 1.54) is 6.07 Å². The van der Waals surface area contributed by atoms with Crippen LogP contribution < -0.4 is 10.1 Å². The second-order valence-corrected chi connectivity index (χ2v) is 10.9. The Labute approximate surface area is 253 Å². The third kappa shape index (κ3) is 7.56. The molecular formula is C30H28Cl4N2O4. The van der Waals surface area contributed by atoms with Crippen LogP contribution in [0, 0.1) is 0 Å². The Morgan fingerprint density at radius 2 is 1.70 bits per heavy atom. The molecule has 0 aromatic heterocycles. The zero-order valence-corrected chi connectivity index (χ0v) is 24.8. The van der Waals surface area contributed by atoms with Gasteiger partial charge < -0.3 is 14.8 Å². The molecule has 1 amide bonds. The smallest absolute Gasteiger partial charge is 0.257 e. The van der Waals surface area contributed by atoms with Crippen molar-refractivity contribution >= 4 is 63.8 Å². The highest BCUT2D eigenvalue weighted by atomic mass is 35.5. The fraction of sp³-hybridized carbons (Fsp3) is 0.300. The number of Topliss-reactive ketones (excluding diaryl/α,β-unsaturated/α-hetero) is 1. The number of ether oxygens (including phenoxy) is 2. The van der Waals surface area contributed by atoms with Gasteiger partial charge in [-0.15, -0.1) is 0 Å². The van der Waals surface area contributed by atoms with Gasteiger partial charge in [0.05, 0.1) is 27.9 Å². The number of unbranched alkanes of at least 4 members (excludes halogenated alkanes) is 2. The normalized spacial score (nSPS) is 14.8. The zero-order chi connectivity index (χ0) is 28.6. The van der Waals surface area contributed by atoms with Crippen molar-refractivity contribution in [3.8, 4) is 5.75 Å². The van der Waals surface area contributed by atoms with Gasteiger partial charge in [0.2, 0.25) is 0 Å². The van der Waals surface area contributed by atoms with Crippen LogP contribution >= 0.6 is 46.4 Å². The predicted molar refractivity (Wildman–Crippen MR) is 161 cm³/mol. The maximum Gasteiger partial charge on any atom is 0.257 e. The van der Waals surface area contributed by atoms with Crippen molar-refractivity contribution < 1.29 is 19.1 Å². The van der Waals surface area contributed by atoms with Crippen LogP contribution in [0.15, 0.2) is 59.6 Å². The summed E-state index contributed by atoms with van der Waals surface area (Å²) in [7, 11) is 0. The van der Waals surface area contributed by atoms with Gasteiger partial charge in [-0.05, 0) is 42.3 Å². The third-order valence-corrected chi connectivity index (χ3v) is 7.33. The van der Waals surface area contributed by atoms with Gasteiger partial charge in [0.1, 0.15) is 12.4 Å². The minimum atomic E-state index is -1.22. The van der Waals surface area contributed by atoms with Gasteiger partial charge in [-0.25, -0.2) is 0 Å². The van der Waals surface area contributed by atoms with Gasteiger partial charge in [-0.2, -0.15) is 0 Å². The largest absolute Gasteiger partial charge is 0.490 e. The summed E-state index contributed by atoms with van der Waals surface area (Å²) in [6.07, 6.45) is 2.04. The van der Waals surface area contributed by atoms with Crippen LogP contribution in [-0.2, 0) is 16.0 Å². The van der Waals surface area contributed by atoms with E-state index in [0.717, 1.165) is 24.8 Å². The van der Waals surface area contributed by atoms with Gasteiger partial charge in [0, 0.05) is 34.2 Å². The third-order valence-electron chi connectivity index (χ3n) is 6.28.